The number of nitrogens with one attached hydrogen (secondary N) is 6. The number of phenolic OH excluding ortho intramolecular Hbond substituents is 3. The fraction of sp³-hybridized carbons (Fsp3) is 0.464. The number of aliphatic hydroxyl groups excluding tert-OH is 5. The molecule has 0 spiro atoms. The molecule has 14 atom stereocenters. The van der Waals surface area contributed by atoms with Crippen LogP contribution in [0, 0.1) is 47.3 Å². The largest absolute Gasteiger partial charge is 0.508 e. The average molecular weight is 1670 g/mol. The number of fused-ring (bicyclic) bond motifs is 15. The van der Waals surface area contributed by atoms with Crippen LogP contribution in [0.4, 0.5) is 10.5 Å². The number of aromatic hydroxyl groups is 3. The summed E-state index contributed by atoms with van der Waals surface area (Å²) in [6, 6.07) is 10.1. The number of carbonyl (C=O) groups excluding carboxylic acids is 9. The molecule has 118 heavy (non-hydrogen) atoms. The van der Waals surface area contributed by atoms with Crippen molar-refractivity contribution in [2.45, 2.75) is 164 Å². The molecule has 15 bridgehead atoms. The van der Waals surface area contributed by atoms with E-state index < -0.39 is 198 Å². The lowest BCUT2D eigenvalue weighted by atomic mass is 9.51. The van der Waals surface area contributed by atoms with E-state index in [4.69, 9.17) is 68.8 Å². The Morgan fingerprint density at radius 1 is 0.627 bits per heavy atom. The molecule has 6 aromatic carbocycles. The van der Waals surface area contributed by atoms with Crippen LogP contribution in [0.2, 0.25) is 10.0 Å². The minimum Gasteiger partial charge on any atom is -0.508 e. The third-order valence-corrected chi connectivity index (χ3v) is 24.0. The Balaban J connectivity index is 0.986. The molecule has 6 aromatic rings. The summed E-state index contributed by atoms with van der Waals surface area (Å²) in [7, 11) is 0. The van der Waals surface area contributed by atoms with E-state index in [1.165, 1.54) is 60.7 Å². The van der Waals surface area contributed by atoms with Crippen LogP contribution < -0.4 is 72.8 Å². The van der Waals surface area contributed by atoms with E-state index in [9.17, 15) is 55.2 Å². The highest BCUT2D eigenvalue weighted by molar-refractivity contribution is 6.32. The van der Waals surface area contributed by atoms with Crippen molar-refractivity contribution in [1.82, 2.24) is 26.6 Å². The Bertz CT molecular complexity index is 4830. The first-order valence-electron chi connectivity index (χ1n) is 39.5. The molecule has 1 saturated heterocycles. The van der Waals surface area contributed by atoms with Gasteiger partial charge in [0.05, 0.1) is 21.9 Å². The number of rotatable bonds is 20. The first kappa shape index (κ1) is 85.6. The van der Waals surface area contributed by atoms with E-state index in [1.54, 1.807) is 6.92 Å². The Morgan fingerprint density at radius 2 is 1.26 bits per heavy atom. The van der Waals surface area contributed by atoms with Crippen molar-refractivity contribution in [3.63, 3.8) is 0 Å². The molecule has 32 nitrogen and oxygen atoms in total. The maximum atomic E-state index is 16.6. The summed E-state index contributed by atoms with van der Waals surface area (Å²) < 4.78 is 37.3. The van der Waals surface area contributed by atoms with Crippen molar-refractivity contribution in [3.8, 4) is 68.6 Å². The number of carbonyl (C=O) groups is 9. The number of imide groups is 1. The van der Waals surface area contributed by atoms with Crippen molar-refractivity contribution in [3.05, 3.63) is 135 Å². The van der Waals surface area contributed by atoms with E-state index in [-0.39, 0.29) is 140 Å². The number of ether oxygens (including phenoxy) is 6. The lowest BCUT2D eigenvalue weighted by molar-refractivity contribution is -0.270. The van der Waals surface area contributed by atoms with Gasteiger partial charge in [-0.2, -0.15) is 0 Å². The Morgan fingerprint density at radius 3 is 1.88 bits per heavy atom. The van der Waals surface area contributed by atoms with Crippen molar-refractivity contribution in [2.75, 3.05) is 38.2 Å². The number of phenols is 3. The van der Waals surface area contributed by atoms with Gasteiger partial charge in [0.1, 0.15) is 103 Å². The summed E-state index contributed by atoms with van der Waals surface area (Å²) in [5.74, 6) is -15.8. The molecule has 0 radical (unpaired) electrons. The van der Waals surface area contributed by atoms with Crippen LogP contribution in [0.1, 0.15) is 149 Å². The third kappa shape index (κ3) is 18.6. The average Bonchev–Trinajstić information content (AvgIpc) is 0.755. The fourth-order valence-electron chi connectivity index (χ4n) is 17.8. The van der Waals surface area contributed by atoms with Gasteiger partial charge in [-0.25, -0.2) is 4.79 Å². The number of hydrogen-bond donors (Lipinski definition) is 17. The van der Waals surface area contributed by atoms with Gasteiger partial charge < -0.3 is 113 Å². The number of urea groups is 1. The summed E-state index contributed by atoms with van der Waals surface area (Å²) in [5.41, 5.74) is 15.8. The molecule has 16 rings (SSSR count). The van der Waals surface area contributed by atoms with Crippen LogP contribution in [0.5, 0.6) is 57.5 Å². The maximum Gasteiger partial charge on any atom is 0.325 e. The second kappa shape index (κ2) is 36.6. The molecule has 34 heteroatoms. The second-order valence-electron chi connectivity index (χ2n) is 32.0. The standard InChI is InChI=1S/C84H97Cl2N9O23/c1-4-39(17-36(2)3)79(108)94-71-57(99)26-46(29-67(102)91-84(112)90-47-8-12-62(113-15-13-87)63(30-47)114-16-14-88)80(109)92-69-45-27-64(115-60-10-6-41(73(71)103)24-53(60)85)78(118-83-77(107)76(106)75(105)66(35-89)117-83)65(28-45)116-61-11-7-42(25-54(61)86)74(104)72-82(111)93-70(59(101)33-49-43-19-37-18-38(21-43)22-44(49)20-37)52-31-48(96)32-56(98)68(52)51-23-40(5-9-55(51)97)50(34-58(69)100)81(110)95-72/h5-12,23-25,27-28,30-32,36-39,43-44,46,49-50,66,69-77,83,96-98,103-107H,4,13-22,26,29,33-35,87-89H2,1-3H3,(H,92,109)(H,93,111)(H,94,108)(H,95,110)(H2,90,91,102,112)/t37?,38?,39-,43?,44?,46+,49?,50-,66-,69-,70+,71+,72+,73-,74-,75-,76+,77-,83+/m1/s1. The normalized spacial score (nSPS) is 27.6. The highest BCUT2D eigenvalue weighted by Gasteiger charge is 2.51. The van der Waals surface area contributed by atoms with Crippen LogP contribution in [0.3, 0.4) is 0 Å². The third-order valence-electron chi connectivity index (χ3n) is 23.4. The van der Waals surface area contributed by atoms with Gasteiger partial charge in [0.2, 0.25) is 41.6 Å². The number of anilines is 1. The van der Waals surface area contributed by atoms with Crippen LogP contribution in [-0.4, -0.2) is 169 Å². The van der Waals surface area contributed by atoms with Gasteiger partial charge in [0.25, 0.3) is 0 Å². The van der Waals surface area contributed by atoms with Gasteiger partial charge in [-0.1, -0.05) is 62.2 Å². The highest BCUT2D eigenvalue weighted by atomic mass is 35.5. The van der Waals surface area contributed by atoms with Crippen molar-refractivity contribution in [2.24, 2.45) is 64.5 Å². The van der Waals surface area contributed by atoms with Gasteiger partial charge in [0.15, 0.2) is 40.3 Å². The van der Waals surface area contributed by atoms with Crippen LogP contribution in [0.25, 0.3) is 11.1 Å². The van der Waals surface area contributed by atoms with Crippen LogP contribution >= 0.6 is 23.2 Å². The molecule has 6 aliphatic heterocycles. The minimum atomic E-state index is -2.23. The molecule has 4 aliphatic carbocycles. The van der Waals surface area contributed by atoms with Gasteiger partial charge >= 0.3 is 6.03 Å². The molecule has 7 amide bonds. The van der Waals surface area contributed by atoms with E-state index in [0.29, 0.717) is 18.3 Å². The van der Waals surface area contributed by atoms with Crippen molar-refractivity contribution < 1.29 is 112 Å². The number of amides is 7. The molecule has 630 valence electrons. The lowest BCUT2D eigenvalue weighted by Gasteiger charge is -2.54. The lowest BCUT2D eigenvalue weighted by Crippen LogP contribution is -2.60. The van der Waals surface area contributed by atoms with Crippen LogP contribution in [0.15, 0.2) is 97.1 Å². The second-order valence-corrected chi connectivity index (χ2v) is 32.8. The zero-order valence-corrected chi connectivity index (χ0v) is 66.3. The van der Waals surface area contributed by atoms with Gasteiger partial charge in [0, 0.05) is 80.2 Å². The zero-order valence-electron chi connectivity index (χ0n) is 64.8. The first-order chi connectivity index (χ1) is 56.4. The van der Waals surface area contributed by atoms with Gasteiger partial charge in [-0.3, -0.25) is 43.7 Å². The topological polar surface area (TPSA) is 521 Å². The highest BCUT2D eigenvalue weighted by Crippen LogP contribution is 2.58. The molecule has 10 aliphatic rings. The molecule has 6 heterocycles. The van der Waals surface area contributed by atoms with Gasteiger partial charge in [-0.15, -0.1) is 0 Å². The monoisotopic (exact) mass is 1670 g/mol. The molecular weight excluding hydrogens is 1570 g/mol. The quantitative estimate of drug-likeness (QED) is 0.0376. The summed E-state index contributed by atoms with van der Waals surface area (Å²) in [5, 5.41) is 110. The smallest absolute Gasteiger partial charge is 0.325 e. The number of ketones is 3. The Kier molecular flexibility index (Phi) is 26.5. The maximum absolute atomic E-state index is 16.6. The Hall–Kier alpha value is -10.2. The summed E-state index contributed by atoms with van der Waals surface area (Å²) >= 11 is 14.3. The fourth-order valence-corrected chi connectivity index (χ4v) is 18.2. The zero-order chi connectivity index (χ0) is 84.4. The Labute approximate surface area is 688 Å². The SMILES string of the molecule is CC[C@H](CC(C)C)C(=O)N[C@H]1C(=O)C[C@@H](CC(=O)NC(=O)Nc2ccc(OCCN)c(OCCN)c2)C(=O)N[C@H]2C(=O)C[C@H]3C(=O)N[C@H](C(=O)N[C@H](C(=O)CC4C5CC6CC(C5)CC4C6)c4cc(O)cc(O)c4-c4cc3ccc4O)[C@H](O)c3ccc(c(Cl)c3)Oc3cc2cc(c3O[C@@H]2O[C@H](CN)[C@@H](O)[C@H](O)[C@H]2O)Oc2ccc(cc2Cl)[C@H]1O. The predicted molar refractivity (Wildman–Crippen MR) is 424 cm³/mol. The molecule has 4 saturated carbocycles. The molecule has 0 aromatic heterocycles. The van der Waals surface area contributed by atoms with Crippen molar-refractivity contribution in [1.29, 1.82) is 0 Å². The molecule has 0 unspecified atom stereocenters. The van der Waals surface area contributed by atoms with Gasteiger partial charge in [-0.05, 0) is 175 Å². The number of hydrogen-bond acceptors (Lipinski definition) is 26. The van der Waals surface area contributed by atoms with E-state index >= 15 is 28.8 Å². The number of halogens is 2. The number of aliphatic hydroxyl groups is 5. The number of benzene rings is 6. The summed E-state index contributed by atoms with van der Waals surface area (Å²) in [6.45, 7) is 5.36. The molecule has 20 N–H and O–H groups in total. The van der Waals surface area contributed by atoms with E-state index in [1.807, 2.05) is 13.8 Å². The number of Topliss-reactive ketones (excluding diaryl/α,β-unsaturated/α-hetero) is 3. The predicted octanol–water partition coefficient (Wildman–Crippen LogP) is 6.73. The molecular formula is C84H97Cl2N9O23. The first-order valence-corrected chi connectivity index (χ1v) is 40.3. The summed E-state index contributed by atoms with van der Waals surface area (Å²) in [6.07, 6.45) is -11.5. The van der Waals surface area contributed by atoms with Crippen molar-refractivity contribution >= 4 is 81.8 Å². The number of nitrogens with two attached hydrogens (primary N) is 3. The minimum absolute atomic E-state index is 0.0181. The van der Waals surface area contributed by atoms with E-state index in [0.717, 1.165) is 68.5 Å². The summed E-state index contributed by atoms with van der Waals surface area (Å²) in [4.78, 5) is 139. The van der Waals surface area contributed by atoms with Crippen LogP contribution in [-0.2, 0) is 43.1 Å². The van der Waals surface area contributed by atoms with E-state index in [2.05, 4.69) is 31.9 Å². The molecule has 5 fully saturated rings.